The lowest BCUT2D eigenvalue weighted by atomic mass is 9.54. The van der Waals surface area contributed by atoms with Gasteiger partial charge in [-0.2, -0.15) is 10.2 Å². The van der Waals surface area contributed by atoms with E-state index >= 15 is 0 Å². The predicted molar refractivity (Wildman–Crippen MR) is 68.1 cm³/mol. The Kier molecular flexibility index (Phi) is 1.51. The monoisotopic (exact) mass is 242 g/mol. The largest absolute Gasteiger partial charge is 0.190 e. The van der Waals surface area contributed by atoms with Gasteiger partial charge < -0.3 is 0 Å². The van der Waals surface area contributed by atoms with Crippen LogP contribution in [0.4, 0.5) is 0 Å². The zero-order chi connectivity index (χ0) is 11.4. The Balaban J connectivity index is 1.51. The standard InChI is InChI=1S/C16H22N2/c1-2-8-5-7(1)11-12(8)16-14-10-4-3-9(6-10)13(14)15(11)17-18-16/h7-16H,1-6H2/t7-,8-,9+,10+,11-,12-,13-,14-,15?,16?/m1/s1. The van der Waals surface area contributed by atoms with Crippen LogP contribution in [0.1, 0.15) is 38.5 Å². The van der Waals surface area contributed by atoms with Gasteiger partial charge in [0.15, 0.2) is 0 Å². The highest BCUT2D eigenvalue weighted by Gasteiger charge is 2.67. The lowest BCUT2D eigenvalue weighted by Gasteiger charge is -2.54. The molecule has 0 saturated heterocycles. The summed E-state index contributed by atoms with van der Waals surface area (Å²) in [4.78, 5) is 0. The highest BCUT2D eigenvalue weighted by atomic mass is 15.2. The minimum absolute atomic E-state index is 0.676. The predicted octanol–water partition coefficient (Wildman–Crippen LogP) is 3.53. The summed E-state index contributed by atoms with van der Waals surface area (Å²) in [5, 5.41) is 9.69. The van der Waals surface area contributed by atoms with Crippen molar-refractivity contribution < 1.29 is 0 Å². The lowest BCUT2D eigenvalue weighted by Crippen LogP contribution is -2.57. The van der Waals surface area contributed by atoms with Crippen LogP contribution < -0.4 is 0 Å². The van der Waals surface area contributed by atoms with Crippen molar-refractivity contribution in [3.05, 3.63) is 0 Å². The van der Waals surface area contributed by atoms with Crippen molar-refractivity contribution in [1.29, 1.82) is 0 Å². The minimum atomic E-state index is 0.676. The lowest BCUT2D eigenvalue weighted by molar-refractivity contribution is -0.0297. The Morgan fingerprint density at radius 1 is 0.500 bits per heavy atom. The maximum absolute atomic E-state index is 4.85. The maximum atomic E-state index is 4.85. The van der Waals surface area contributed by atoms with Crippen LogP contribution in [0.3, 0.4) is 0 Å². The average Bonchev–Trinajstić information content (AvgIpc) is 3.19. The second-order valence-corrected chi connectivity index (χ2v) is 8.19. The molecule has 7 rings (SSSR count). The van der Waals surface area contributed by atoms with Crippen LogP contribution in [-0.2, 0) is 0 Å². The van der Waals surface area contributed by atoms with E-state index in [0.717, 1.165) is 47.3 Å². The van der Waals surface area contributed by atoms with Crippen LogP contribution in [0.5, 0.6) is 0 Å². The molecule has 2 heteroatoms. The first kappa shape index (κ1) is 9.50. The third kappa shape index (κ3) is 0.849. The number of hydrogen-bond acceptors (Lipinski definition) is 2. The van der Waals surface area contributed by atoms with Gasteiger partial charge in [0.25, 0.3) is 0 Å². The molecule has 96 valence electrons. The molecule has 0 amide bonds. The van der Waals surface area contributed by atoms with Gasteiger partial charge in [0.1, 0.15) is 0 Å². The van der Waals surface area contributed by atoms with E-state index in [1.54, 1.807) is 12.8 Å². The van der Waals surface area contributed by atoms with Gasteiger partial charge in [0, 0.05) is 0 Å². The number of fused-ring (bicyclic) bond motifs is 4. The first-order valence-corrected chi connectivity index (χ1v) is 8.32. The first-order valence-electron chi connectivity index (χ1n) is 8.32. The zero-order valence-electron chi connectivity index (χ0n) is 10.9. The second-order valence-electron chi connectivity index (χ2n) is 8.19. The second kappa shape index (κ2) is 2.86. The fraction of sp³-hybridized carbons (Fsp3) is 1.00. The fourth-order valence-electron chi connectivity index (χ4n) is 7.76. The molecule has 18 heavy (non-hydrogen) atoms. The molecule has 5 saturated carbocycles. The Morgan fingerprint density at radius 2 is 0.833 bits per heavy atom. The molecule has 5 fully saturated rings. The Morgan fingerprint density at radius 3 is 1.17 bits per heavy atom. The van der Waals surface area contributed by atoms with Gasteiger partial charge in [-0.25, -0.2) is 0 Å². The SMILES string of the molecule is C1C[C@@H]2C[C@@H]1[C@H]1C3N=NC([C@H]21)[C@@H]1[C@H]2CC[C@@H](C2)[C@@H]31. The van der Waals surface area contributed by atoms with E-state index < -0.39 is 0 Å². The Labute approximate surface area is 109 Å². The number of azo groups is 1. The zero-order valence-corrected chi connectivity index (χ0v) is 10.9. The highest BCUT2D eigenvalue weighted by molar-refractivity contribution is 5.19. The molecule has 2 heterocycles. The molecule has 0 radical (unpaired) electrons. The molecule has 2 aliphatic heterocycles. The van der Waals surface area contributed by atoms with Crippen LogP contribution in [0.2, 0.25) is 0 Å². The number of hydrogen-bond donors (Lipinski definition) is 0. The van der Waals surface area contributed by atoms with Crippen molar-refractivity contribution in [1.82, 2.24) is 0 Å². The number of rotatable bonds is 0. The molecular weight excluding hydrogens is 220 g/mol. The van der Waals surface area contributed by atoms with E-state index in [4.69, 9.17) is 10.2 Å². The molecular formula is C16H22N2. The normalized spacial score (nSPS) is 69.8. The van der Waals surface area contributed by atoms with Crippen LogP contribution in [0.15, 0.2) is 10.2 Å². The van der Waals surface area contributed by atoms with Gasteiger partial charge in [-0.15, -0.1) is 0 Å². The number of nitrogens with zero attached hydrogens (tertiary/aromatic N) is 2. The van der Waals surface area contributed by atoms with Crippen LogP contribution in [0, 0.1) is 47.3 Å². The summed E-state index contributed by atoms with van der Waals surface area (Å²) in [7, 11) is 0. The van der Waals surface area contributed by atoms with E-state index in [0.29, 0.717) is 12.1 Å². The summed E-state index contributed by atoms with van der Waals surface area (Å²) < 4.78 is 0. The molecule has 2 nitrogen and oxygen atoms in total. The van der Waals surface area contributed by atoms with Gasteiger partial charge in [0.2, 0.25) is 0 Å². The van der Waals surface area contributed by atoms with Crippen LogP contribution in [-0.4, -0.2) is 12.1 Å². The summed E-state index contributed by atoms with van der Waals surface area (Å²) >= 11 is 0. The molecule has 6 bridgehead atoms. The van der Waals surface area contributed by atoms with Crippen molar-refractivity contribution >= 4 is 0 Å². The summed E-state index contributed by atoms with van der Waals surface area (Å²) in [5.41, 5.74) is 0. The summed E-state index contributed by atoms with van der Waals surface area (Å²) in [6.07, 6.45) is 9.18. The highest BCUT2D eigenvalue weighted by Crippen LogP contribution is 2.69. The molecule has 2 unspecified atom stereocenters. The summed E-state index contributed by atoms with van der Waals surface area (Å²) in [6.45, 7) is 0. The maximum Gasteiger partial charge on any atom is 0.0776 e. The van der Waals surface area contributed by atoms with E-state index in [1.165, 1.54) is 25.7 Å². The van der Waals surface area contributed by atoms with Gasteiger partial charge in [0.05, 0.1) is 12.1 Å². The minimum Gasteiger partial charge on any atom is -0.190 e. The third-order valence-corrected chi connectivity index (χ3v) is 8.00. The molecule has 10 atom stereocenters. The fourth-order valence-corrected chi connectivity index (χ4v) is 7.76. The molecule has 0 aromatic heterocycles. The third-order valence-electron chi connectivity index (χ3n) is 8.00. The smallest absolute Gasteiger partial charge is 0.0776 e. The summed E-state index contributed by atoms with van der Waals surface area (Å²) in [5.74, 6) is 8.11. The van der Waals surface area contributed by atoms with Gasteiger partial charge in [-0.1, -0.05) is 0 Å². The molecule has 0 aromatic rings. The quantitative estimate of drug-likeness (QED) is 0.621. The van der Waals surface area contributed by atoms with Gasteiger partial charge >= 0.3 is 0 Å². The van der Waals surface area contributed by atoms with Crippen molar-refractivity contribution in [2.45, 2.75) is 50.6 Å². The molecule has 5 aliphatic carbocycles. The van der Waals surface area contributed by atoms with Crippen molar-refractivity contribution in [3.63, 3.8) is 0 Å². The molecule has 7 aliphatic rings. The van der Waals surface area contributed by atoms with Gasteiger partial charge in [-0.3, -0.25) is 0 Å². The molecule has 0 N–H and O–H groups in total. The average molecular weight is 242 g/mol. The van der Waals surface area contributed by atoms with Crippen molar-refractivity contribution in [2.75, 3.05) is 0 Å². The topological polar surface area (TPSA) is 24.7 Å². The Hall–Kier alpha value is -0.400. The molecule has 0 aromatic carbocycles. The van der Waals surface area contributed by atoms with Crippen LogP contribution in [0.25, 0.3) is 0 Å². The van der Waals surface area contributed by atoms with E-state index in [-0.39, 0.29) is 0 Å². The van der Waals surface area contributed by atoms with Crippen LogP contribution >= 0.6 is 0 Å². The van der Waals surface area contributed by atoms with Crippen molar-refractivity contribution in [2.24, 2.45) is 57.6 Å². The van der Waals surface area contributed by atoms with E-state index in [1.807, 2.05) is 0 Å². The van der Waals surface area contributed by atoms with E-state index in [2.05, 4.69) is 0 Å². The van der Waals surface area contributed by atoms with Gasteiger partial charge in [-0.05, 0) is 85.9 Å². The Bertz CT molecular complexity index is 372. The van der Waals surface area contributed by atoms with E-state index in [9.17, 15) is 0 Å². The summed E-state index contributed by atoms with van der Waals surface area (Å²) in [6, 6.07) is 1.35. The molecule has 0 spiro atoms. The van der Waals surface area contributed by atoms with Crippen molar-refractivity contribution in [3.8, 4) is 0 Å². The first-order chi connectivity index (χ1) is 8.92.